The Bertz CT molecular complexity index is 503. The summed E-state index contributed by atoms with van der Waals surface area (Å²) in [5.41, 5.74) is 6.95. The molecule has 0 aliphatic carbocycles. The molecular formula is C12H21N3O3S. The molecule has 6 nitrogen and oxygen atoms in total. The van der Waals surface area contributed by atoms with Gasteiger partial charge < -0.3 is 15.8 Å². The number of benzene rings is 1. The minimum Gasteiger partial charge on any atom is -0.397 e. The van der Waals surface area contributed by atoms with Gasteiger partial charge in [0.15, 0.2) is 0 Å². The molecule has 0 heterocycles. The van der Waals surface area contributed by atoms with Crippen LogP contribution in [0.2, 0.25) is 0 Å². The number of methoxy groups -OCH3 is 1. The maximum Gasteiger partial charge on any atom is 0.240 e. The van der Waals surface area contributed by atoms with Crippen LogP contribution in [0.15, 0.2) is 23.1 Å². The van der Waals surface area contributed by atoms with Crippen LogP contribution in [0.25, 0.3) is 0 Å². The number of anilines is 2. The lowest BCUT2D eigenvalue weighted by Gasteiger charge is -2.11. The molecule has 0 saturated carbocycles. The summed E-state index contributed by atoms with van der Waals surface area (Å²) in [5.74, 6) is 0. The van der Waals surface area contributed by atoms with Crippen molar-refractivity contribution in [2.24, 2.45) is 0 Å². The molecule has 1 aromatic rings. The fourth-order valence-electron chi connectivity index (χ4n) is 1.57. The second-order valence-electron chi connectivity index (χ2n) is 4.02. The van der Waals surface area contributed by atoms with Crippen molar-refractivity contribution in [3.8, 4) is 0 Å². The number of nitrogens with two attached hydrogens (primary N) is 1. The first-order valence-electron chi connectivity index (χ1n) is 6.13. The maximum absolute atomic E-state index is 11.9. The van der Waals surface area contributed by atoms with E-state index in [9.17, 15) is 8.42 Å². The van der Waals surface area contributed by atoms with Crippen LogP contribution in [0.5, 0.6) is 0 Å². The van der Waals surface area contributed by atoms with Crippen LogP contribution in [0.1, 0.15) is 13.3 Å². The number of nitrogen functional groups attached to an aromatic ring is 1. The zero-order valence-corrected chi connectivity index (χ0v) is 12.1. The minimum absolute atomic E-state index is 0.206. The minimum atomic E-state index is -3.46. The SMILES string of the molecule is CCNS(=O)(=O)c1ccc(N)c(NCCCOC)c1. The van der Waals surface area contributed by atoms with Crippen LogP contribution in [0, 0.1) is 0 Å². The summed E-state index contributed by atoms with van der Waals surface area (Å²) in [5, 5.41) is 3.11. The number of sulfonamides is 1. The predicted octanol–water partition coefficient (Wildman–Crippen LogP) is 1.02. The highest BCUT2D eigenvalue weighted by Crippen LogP contribution is 2.22. The number of rotatable bonds is 8. The highest BCUT2D eigenvalue weighted by atomic mass is 32.2. The van der Waals surface area contributed by atoms with Crippen molar-refractivity contribution in [1.29, 1.82) is 0 Å². The van der Waals surface area contributed by atoms with Gasteiger partial charge in [-0.25, -0.2) is 13.1 Å². The van der Waals surface area contributed by atoms with Gasteiger partial charge in [-0.1, -0.05) is 6.92 Å². The van der Waals surface area contributed by atoms with E-state index in [-0.39, 0.29) is 4.90 Å². The molecule has 0 aliphatic rings. The summed E-state index contributed by atoms with van der Waals surface area (Å²) in [6, 6.07) is 4.62. The Morgan fingerprint density at radius 2 is 2.11 bits per heavy atom. The summed E-state index contributed by atoms with van der Waals surface area (Å²) in [7, 11) is -1.82. The third kappa shape index (κ3) is 4.70. The van der Waals surface area contributed by atoms with Crippen molar-refractivity contribution >= 4 is 21.4 Å². The van der Waals surface area contributed by atoms with E-state index in [4.69, 9.17) is 10.5 Å². The summed E-state index contributed by atoms with van der Waals surface area (Å²) in [4.78, 5) is 0.206. The van der Waals surface area contributed by atoms with Crippen molar-refractivity contribution in [1.82, 2.24) is 4.72 Å². The Morgan fingerprint density at radius 3 is 2.74 bits per heavy atom. The molecule has 0 aromatic heterocycles. The molecule has 0 radical (unpaired) electrons. The van der Waals surface area contributed by atoms with Gasteiger partial charge >= 0.3 is 0 Å². The van der Waals surface area contributed by atoms with E-state index in [0.717, 1.165) is 6.42 Å². The van der Waals surface area contributed by atoms with E-state index in [1.807, 2.05) is 0 Å². The van der Waals surface area contributed by atoms with Crippen LogP contribution in [-0.2, 0) is 14.8 Å². The molecule has 0 spiro atoms. The normalized spacial score (nSPS) is 11.5. The second-order valence-corrected chi connectivity index (χ2v) is 5.79. The van der Waals surface area contributed by atoms with Gasteiger partial charge in [-0.3, -0.25) is 0 Å². The van der Waals surface area contributed by atoms with E-state index >= 15 is 0 Å². The summed E-state index contributed by atoms with van der Waals surface area (Å²) in [6.45, 7) is 3.40. The fourth-order valence-corrected chi connectivity index (χ4v) is 2.64. The molecule has 0 atom stereocenters. The third-order valence-electron chi connectivity index (χ3n) is 2.51. The first-order valence-corrected chi connectivity index (χ1v) is 7.61. The van der Waals surface area contributed by atoms with Gasteiger partial charge in [0.25, 0.3) is 0 Å². The topological polar surface area (TPSA) is 93.5 Å². The van der Waals surface area contributed by atoms with Gasteiger partial charge in [0, 0.05) is 26.8 Å². The van der Waals surface area contributed by atoms with Gasteiger partial charge in [-0.15, -0.1) is 0 Å². The van der Waals surface area contributed by atoms with Crippen LogP contribution < -0.4 is 15.8 Å². The van der Waals surface area contributed by atoms with Crippen LogP contribution >= 0.6 is 0 Å². The number of ether oxygens (including phenoxy) is 1. The molecule has 108 valence electrons. The lowest BCUT2D eigenvalue weighted by molar-refractivity contribution is 0.198. The van der Waals surface area contributed by atoms with Crippen molar-refractivity contribution in [2.75, 3.05) is 37.9 Å². The van der Waals surface area contributed by atoms with Crippen molar-refractivity contribution < 1.29 is 13.2 Å². The highest BCUT2D eigenvalue weighted by Gasteiger charge is 2.14. The molecule has 1 aromatic carbocycles. The third-order valence-corrected chi connectivity index (χ3v) is 4.05. The number of hydrogen-bond acceptors (Lipinski definition) is 5. The summed E-state index contributed by atoms with van der Waals surface area (Å²) < 4.78 is 31.1. The smallest absolute Gasteiger partial charge is 0.240 e. The molecule has 0 fully saturated rings. The highest BCUT2D eigenvalue weighted by molar-refractivity contribution is 7.89. The molecule has 0 saturated heterocycles. The van der Waals surface area contributed by atoms with Crippen LogP contribution in [0.4, 0.5) is 11.4 Å². The maximum atomic E-state index is 11.9. The predicted molar refractivity (Wildman–Crippen MR) is 76.7 cm³/mol. The monoisotopic (exact) mass is 287 g/mol. The first-order chi connectivity index (χ1) is 9.01. The Labute approximate surface area is 114 Å². The lowest BCUT2D eigenvalue weighted by atomic mass is 10.2. The number of nitrogens with one attached hydrogen (secondary N) is 2. The van der Waals surface area contributed by atoms with E-state index in [0.29, 0.717) is 31.1 Å². The average molecular weight is 287 g/mol. The first kappa shape index (κ1) is 15.7. The molecule has 1 rings (SSSR count). The fraction of sp³-hybridized carbons (Fsp3) is 0.500. The molecular weight excluding hydrogens is 266 g/mol. The van der Waals surface area contributed by atoms with Gasteiger partial charge in [0.2, 0.25) is 10.0 Å². The van der Waals surface area contributed by atoms with Gasteiger partial charge in [-0.05, 0) is 24.6 Å². The lowest BCUT2D eigenvalue weighted by Crippen LogP contribution is -2.23. The van der Waals surface area contributed by atoms with Gasteiger partial charge in [-0.2, -0.15) is 0 Å². The van der Waals surface area contributed by atoms with E-state index in [1.165, 1.54) is 6.07 Å². The van der Waals surface area contributed by atoms with Crippen LogP contribution in [0.3, 0.4) is 0 Å². The Morgan fingerprint density at radius 1 is 1.37 bits per heavy atom. The molecule has 4 N–H and O–H groups in total. The zero-order valence-electron chi connectivity index (χ0n) is 11.3. The molecule has 0 amide bonds. The Balaban J connectivity index is 2.82. The Kier molecular flexibility index (Phi) is 6.07. The van der Waals surface area contributed by atoms with E-state index in [2.05, 4.69) is 10.0 Å². The molecule has 0 bridgehead atoms. The van der Waals surface area contributed by atoms with Crippen molar-refractivity contribution in [3.63, 3.8) is 0 Å². The van der Waals surface area contributed by atoms with Gasteiger partial charge in [0.05, 0.1) is 16.3 Å². The molecule has 0 unspecified atom stereocenters. The average Bonchev–Trinajstić information content (AvgIpc) is 2.36. The van der Waals surface area contributed by atoms with E-state index in [1.54, 1.807) is 26.2 Å². The zero-order chi connectivity index (χ0) is 14.3. The van der Waals surface area contributed by atoms with E-state index < -0.39 is 10.0 Å². The summed E-state index contributed by atoms with van der Waals surface area (Å²) >= 11 is 0. The van der Waals surface area contributed by atoms with Crippen molar-refractivity contribution in [3.05, 3.63) is 18.2 Å². The van der Waals surface area contributed by atoms with Crippen LogP contribution in [-0.4, -0.2) is 35.2 Å². The molecule has 7 heteroatoms. The van der Waals surface area contributed by atoms with Crippen molar-refractivity contribution in [2.45, 2.75) is 18.2 Å². The quantitative estimate of drug-likeness (QED) is 0.490. The standard InChI is InChI=1S/C12H21N3O3S/c1-3-15-19(16,17)10-5-6-11(13)12(9-10)14-7-4-8-18-2/h5-6,9,14-15H,3-4,7-8,13H2,1-2H3. The molecule has 19 heavy (non-hydrogen) atoms. The summed E-state index contributed by atoms with van der Waals surface area (Å²) in [6.07, 6.45) is 0.820. The number of hydrogen-bond donors (Lipinski definition) is 3. The Hall–Kier alpha value is -1.31. The second kappa shape index (κ2) is 7.32. The molecule has 0 aliphatic heterocycles. The largest absolute Gasteiger partial charge is 0.397 e. The van der Waals surface area contributed by atoms with Gasteiger partial charge in [0.1, 0.15) is 0 Å².